The third-order valence-corrected chi connectivity index (χ3v) is 7.97. The first kappa shape index (κ1) is 23.1. The molecule has 2 aliphatic heterocycles. The summed E-state index contributed by atoms with van der Waals surface area (Å²) >= 11 is 0. The summed E-state index contributed by atoms with van der Waals surface area (Å²) in [6.45, 7) is 3.47. The van der Waals surface area contributed by atoms with Crippen LogP contribution < -0.4 is 14.8 Å². The molecule has 2 aliphatic rings. The Hall–Kier alpha value is -3.09. The zero-order chi connectivity index (χ0) is 23.4. The third kappa shape index (κ3) is 5.13. The number of nitrogens with zero attached hydrogens (tertiary/aromatic N) is 2. The van der Waals surface area contributed by atoms with E-state index < -0.39 is 10.0 Å². The molecule has 1 amide bonds. The molecule has 0 radical (unpaired) electrons. The maximum Gasteiger partial charge on any atom is 0.243 e. The summed E-state index contributed by atoms with van der Waals surface area (Å²) in [6, 6.07) is 13.7. The summed E-state index contributed by atoms with van der Waals surface area (Å²) in [4.78, 5) is 12.9. The highest BCUT2D eigenvalue weighted by atomic mass is 32.2. The van der Waals surface area contributed by atoms with Gasteiger partial charge in [0.1, 0.15) is 0 Å². The van der Waals surface area contributed by atoms with Gasteiger partial charge in [0.2, 0.25) is 15.9 Å². The van der Waals surface area contributed by atoms with Crippen LogP contribution in [0, 0.1) is 17.2 Å². The Kier molecular flexibility index (Phi) is 6.86. The standard InChI is InChI=1S/C24H27N3O5S/c1-17(19-5-3-18(16-25)4-6-19)26-24(28)20-9-11-27(12-10-20)33(29,30)21-7-8-22-23(15-21)32-14-2-13-31-22/h3-8,15,17,20H,2,9-14H2,1H3,(H,26,28). The largest absolute Gasteiger partial charge is 0.490 e. The van der Waals surface area contributed by atoms with E-state index in [0.717, 1.165) is 12.0 Å². The Balaban J connectivity index is 1.36. The van der Waals surface area contributed by atoms with Crippen LogP contribution in [-0.2, 0) is 14.8 Å². The van der Waals surface area contributed by atoms with Crippen molar-refractivity contribution in [1.82, 2.24) is 9.62 Å². The third-order valence-electron chi connectivity index (χ3n) is 6.08. The van der Waals surface area contributed by atoms with Crippen molar-refractivity contribution in [3.63, 3.8) is 0 Å². The van der Waals surface area contributed by atoms with Crippen LogP contribution >= 0.6 is 0 Å². The molecule has 0 aromatic heterocycles. The van der Waals surface area contributed by atoms with Gasteiger partial charge in [0, 0.05) is 31.5 Å². The van der Waals surface area contributed by atoms with Crippen LogP contribution in [0.2, 0.25) is 0 Å². The maximum absolute atomic E-state index is 13.2. The molecule has 8 nitrogen and oxygen atoms in total. The lowest BCUT2D eigenvalue weighted by molar-refractivity contribution is -0.126. The second-order valence-electron chi connectivity index (χ2n) is 8.30. The molecule has 0 spiro atoms. The molecular formula is C24H27N3O5S. The topological polar surface area (TPSA) is 109 Å². The van der Waals surface area contributed by atoms with E-state index in [1.807, 2.05) is 19.1 Å². The van der Waals surface area contributed by atoms with Crippen molar-refractivity contribution in [3.05, 3.63) is 53.6 Å². The number of rotatable bonds is 5. The number of sulfonamides is 1. The quantitative estimate of drug-likeness (QED) is 0.721. The van der Waals surface area contributed by atoms with Gasteiger partial charge in [-0.15, -0.1) is 0 Å². The van der Waals surface area contributed by atoms with Crippen molar-refractivity contribution in [1.29, 1.82) is 5.26 Å². The van der Waals surface area contributed by atoms with Crippen molar-refractivity contribution in [2.45, 2.75) is 37.1 Å². The van der Waals surface area contributed by atoms with E-state index in [0.29, 0.717) is 43.1 Å². The lowest BCUT2D eigenvalue weighted by Crippen LogP contribution is -2.43. The number of carbonyl (C=O) groups excluding carboxylic acids is 1. The maximum atomic E-state index is 13.2. The van der Waals surface area contributed by atoms with Gasteiger partial charge < -0.3 is 14.8 Å². The molecule has 9 heteroatoms. The minimum absolute atomic E-state index is 0.0838. The zero-order valence-corrected chi connectivity index (χ0v) is 19.3. The van der Waals surface area contributed by atoms with Crippen molar-refractivity contribution < 1.29 is 22.7 Å². The molecule has 1 N–H and O–H groups in total. The van der Waals surface area contributed by atoms with Crippen LogP contribution in [0.1, 0.15) is 43.4 Å². The van der Waals surface area contributed by atoms with Gasteiger partial charge in [-0.25, -0.2) is 8.42 Å². The molecule has 0 saturated carbocycles. The highest BCUT2D eigenvalue weighted by Gasteiger charge is 2.33. The van der Waals surface area contributed by atoms with Crippen LogP contribution in [0.5, 0.6) is 11.5 Å². The summed E-state index contributed by atoms with van der Waals surface area (Å²) in [5, 5.41) is 11.9. The molecule has 2 aromatic carbocycles. The number of hydrogen-bond acceptors (Lipinski definition) is 6. The van der Waals surface area contributed by atoms with Crippen LogP contribution in [-0.4, -0.2) is 44.9 Å². The normalized spacial score (nSPS) is 18.1. The second kappa shape index (κ2) is 9.81. The highest BCUT2D eigenvalue weighted by molar-refractivity contribution is 7.89. The molecule has 0 aliphatic carbocycles. The number of benzene rings is 2. The van der Waals surface area contributed by atoms with E-state index >= 15 is 0 Å². The molecule has 2 heterocycles. The summed E-state index contributed by atoms with van der Waals surface area (Å²) in [5.41, 5.74) is 1.48. The molecular weight excluding hydrogens is 442 g/mol. The second-order valence-corrected chi connectivity index (χ2v) is 10.2. The summed E-state index contributed by atoms with van der Waals surface area (Å²) in [5.74, 6) is 0.665. The number of nitriles is 1. The minimum atomic E-state index is -3.69. The van der Waals surface area contributed by atoms with Crippen molar-refractivity contribution in [3.8, 4) is 17.6 Å². The fourth-order valence-corrected chi connectivity index (χ4v) is 5.56. The molecule has 1 atom stereocenters. The molecule has 1 unspecified atom stereocenters. The van der Waals surface area contributed by atoms with Crippen LogP contribution in [0.3, 0.4) is 0 Å². The molecule has 4 rings (SSSR count). The minimum Gasteiger partial charge on any atom is -0.490 e. The van der Waals surface area contributed by atoms with Crippen molar-refractivity contribution in [2.24, 2.45) is 5.92 Å². The number of amides is 1. The van der Waals surface area contributed by atoms with E-state index in [1.54, 1.807) is 24.3 Å². The van der Waals surface area contributed by atoms with E-state index in [-0.39, 0.29) is 35.9 Å². The van der Waals surface area contributed by atoms with Gasteiger partial charge in [-0.05, 0) is 49.6 Å². The average molecular weight is 470 g/mol. The molecule has 0 bridgehead atoms. The summed E-state index contributed by atoms with van der Waals surface area (Å²) < 4.78 is 39.0. The van der Waals surface area contributed by atoms with Gasteiger partial charge in [-0.3, -0.25) is 4.79 Å². The Labute approximate surface area is 194 Å². The molecule has 2 aromatic rings. The first-order valence-electron chi connectivity index (χ1n) is 11.1. The average Bonchev–Trinajstić information content (AvgIpc) is 3.09. The van der Waals surface area contributed by atoms with E-state index in [2.05, 4.69) is 11.4 Å². The Morgan fingerprint density at radius 1 is 1.09 bits per heavy atom. The van der Waals surface area contributed by atoms with Crippen LogP contribution in [0.15, 0.2) is 47.4 Å². The summed E-state index contributed by atoms with van der Waals surface area (Å²) in [7, 11) is -3.69. The Morgan fingerprint density at radius 3 is 2.42 bits per heavy atom. The predicted molar refractivity (Wildman–Crippen MR) is 121 cm³/mol. The fourth-order valence-electron chi connectivity index (χ4n) is 4.07. The van der Waals surface area contributed by atoms with Gasteiger partial charge >= 0.3 is 0 Å². The first-order valence-corrected chi connectivity index (χ1v) is 12.5. The summed E-state index contributed by atoms with van der Waals surface area (Å²) in [6.07, 6.45) is 1.65. The number of nitrogens with one attached hydrogen (secondary N) is 1. The monoisotopic (exact) mass is 469 g/mol. The van der Waals surface area contributed by atoms with Gasteiger partial charge in [0.05, 0.1) is 35.8 Å². The SMILES string of the molecule is CC(NC(=O)C1CCN(S(=O)(=O)c2ccc3c(c2)OCCCO3)CC1)c1ccc(C#N)cc1. The van der Waals surface area contributed by atoms with Crippen molar-refractivity contribution in [2.75, 3.05) is 26.3 Å². The fraction of sp³-hybridized carbons (Fsp3) is 0.417. The van der Waals surface area contributed by atoms with Crippen molar-refractivity contribution >= 4 is 15.9 Å². The molecule has 1 saturated heterocycles. The first-order chi connectivity index (χ1) is 15.9. The number of fused-ring (bicyclic) bond motifs is 1. The van der Waals surface area contributed by atoms with Crippen LogP contribution in [0.25, 0.3) is 0 Å². The van der Waals surface area contributed by atoms with Gasteiger partial charge in [0.25, 0.3) is 0 Å². The van der Waals surface area contributed by atoms with Gasteiger partial charge in [0.15, 0.2) is 11.5 Å². The lowest BCUT2D eigenvalue weighted by atomic mass is 9.96. The van der Waals surface area contributed by atoms with E-state index in [1.165, 1.54) is 10.4 Å². The Morgan fingerprint density at radius 2 is 1.76 bits per heavy atom. The molecule has 33 heavy (non-hydrogen) atoms. The lowest BCUT2D eigenvalue weighted by Gasteiger charge is -2.31. The number of carbonyl (C=O) groups is 1. The van der Waals surface area contributed by atoms with Gasteiger partial charge in [-0.1, -0.05) is 12.1 Å². The predicted octanol–water partition coefficient (Wildman–Crippen LogP) is 3.00. The van der Waals surface area contributed by atoms with E-state index in [4.69, 9.17) is 14.7 Å². The van der Waals surface area contributed by atoms with Gasteiger partial charge in [-0.2, -0.15) is 9.57 Å². The van der Waals surface area contributed by atoms with Crippen LogP contribution in [0.4, 0.5) is 0 Å². The molecule has 1 fully saturated rings. The number of piperidine rings is 1. The highest BCUT2D eigenvalue weighted by Crippen LogP contribution is 2.34. The van der Waals surface area contributed by atoms with E-state index in [9.17, 15) is 13.2 Å². The number of ether oxygens (including phenoxy) is 2. The smallest absolute Gasteiger partial charge is 0.243 e. The Bertz CT molecular complexity index is 1150. The number of hydrogen-bond donors (Lipinski definition) is 1. The molecule has 174 valence electrons. The zero-order valence-electron chi connectivity index (χ0n) is 18.5.